The summed E-state index contributed by atoms with van der Waals surface area (Å²) in [5.41, 5.74) is 3.90. The highest BCUT2D eigenvalue weighted by molar-refractivity contribution is 7.10. The molecule has 5 nitrogen and oxygen atoms in total. The number of hydrogen-bond acceptors (Lipinski definition) is 7. The molecule has 0 spiro atoms. The zero-order chi connectivity index (χ0) is 22.7. The molecule has 2 aliphatic rings. The largest absolute Gasteiger partial charge is 0.459 e. The molecule has 3 heterocycles. The zero-order valence-electron chi connectivity index (χ0n) is 18.7. The molecule has 0 aromatic carbocycles. The van der Waals surface area contributed by atoms with Crippen molar-refractivity contribution in [1.82, 2.24) is 5.32 Å². The van der Waals surface area contributed by atoms with Gasteiger partial charge in [0.05, 0.1) is 11.7 Å². The Morgan fingerprint density at radius 3 is 2.78 bits per heavy atom. The molecule has 3 atom stereocenters. The van der Waals surface area contributed by atoms with Gasteiger partial charge in [-0.2, -0.15) is 11.3 Å². The molecule has 0 amide bonds. The van der Waals surface area contributed by atoms with Gasteiger partial charge in [-0.05, 0) is 53.6 Å². The molecule has 0 saturated heterocycles. The molecule has 1 aliphatic heterocycles. The van der Waals surface area contributed by atoms with E-state index in [1.807, 2.05) is 29.8 Å². The fraction of sp³-hybridized carbons (Fsp3) is 0.440. The van der Waals surface area contributed by atoms with E-state index in [1.54, 1.807) is 29.8 Å². The van der Waals surface area contributed by atoms with Crippen molar-refractivity contribution in [3.05, 3.63) is 67.3 Å². The smallest absolute Gasteiger partial charge is 0.336 e. The average Bonchev–Trinajstić information content (AvgIpc) is 3.49. The van der Waals surface area contributed by atoms with Crippen molar-refractivity contribution in [2.45, 2.75) is 57.5 Å². The Hall–Kier alpha value is -2.22. The van der Waals surface area contributed by atoms with Gasteiger partial charge in [0.15, 0.2) is 5.78 Å². The van der Waals surface area contributed by atoms with Gasteiger partial charge >= 0.3 is 5.97 Å². The third kappa shape index (κ3) is 4.60. The van der Waals surface area contributed by atoms with Crippen LogP contribution < -0.4 is 5.32 Å². The quantitative estimate of drug-likeness (QED) is 0.513. The van der Waals surface area contributed by atoms with Crippen molar-refractivity contribution in [1.29, 1.82) is 0 Å². The van der Waals surface area contributed by atoms with Gasteiger partial charge < -0.3 is 14.8 Å². The molecule has 7 heteroatoms. The average molecular weight is 472 g/mol. The number of methoxy groups -OCH3 is 1. The van der Waals surface area contributed by atoms with Gasteiger partial charge in [0.1, 0.15) is 6.61 Å². The monoisotopic (exact) mass is 471 g/mol. The Kier molecular flexibility index (Phi) is 7.28. The standard InChI is InChI=1S/C25H29NO4S2/c1-4-6-18(29-3)13-30-25(28)22-15(2)26-19-11-17(21-7-5-9-32-21)12-20(27)24(19)23(22)16-8-10-31-14-16/h5,7-10,14,17-18,23,26H,4,6,11-13H2,1-3H3/t17-,18+,23-/m1/s1. The maximum Gasteiger partial charge on any atom is 0.336 e. The Balaban J connectivity index is 1.65. The predicted molar refractivity (Wildman–Crippen MR) is 128 cm³/mol. The molecule has 1 aliphatic carbocycles. The van der Waals surface area contributed by atoms with Crippen LogP contribution in [0, 0.1) is 0 Å². The van der Waals surface area contributed by atoms with Crippen LogP contribution in [0.3, 0.4) is 0 Å². The normalized spacial score (nSPS) is 21.9. The number of ketones is 1. The molecular formula is C25H29NO4S2. The zero-order valence-corrected chi connectivity index (χ0v) is 20.3. The van der Waals surface area contributed by atoms with Crippen molar-refractivity contribution in [3.63, 3.8) is 0 Å². The molecule has 0 saturated carbocycles. The molecule has 0 fully saturated rings. The van der Waals surface area contributed by atoms with Crippen molar-refractivity contribution in [2.75, 3.05) is 13.7 Å². The van der Waals surface area contributed by atoms with Gasteiger partial charge in [-0.25, -0.2) is 4.79 Å². The highest BCUT2D eigenvalue weighted by atomic mass is 32.1. The number of esters is 1. The maximum absolute atomic E-state index is 13.4. The number of carbonyl (C=O) groups is 2. The molecule has 4 rings (SSSR count). The molecule has 32 heavy (non-hydrogen) atoms. The number of thiophene rings is 2. The van der Waals surface area contributed by atoms with Gasteiger partial charge in [-0.15, -0.1) is 11.3 Å². The summed E-state index contributed by atoms with van der Waals surface area (Å²) in [5.74, 6) is -0.500. The Labute approximate surface area is 197 Å². The van der Waals surface area contributed by atoms with Crippen molar-refractivity contribution in [3.8, 4) is 0 Å². The summed E-state index contributed by atoms with van der Waals surface area (Å²) >= 11 is 3.26. The highest BCUT2D eigenvalue weighted by Crippen LogP contribution is 2.46. The van der Waals surface area contributed by atoms with E-state index in [0.29, 0.717) is 17.6 Å². The Bertz CT molecular complexity index is 1020. The number of dihydropyridines is 1. The number of rotatable bonds is 8. The second kappa shape index (κ2) is 10.1. The topological polar surface area (TPSA) is 64.6 Å². The number of Topliss-reactive ketones (excluding diaryl/α,β-unsaturated/α-hetero) is 1. The van der Waals surface area contributed by atoms with Crippen molar-refractivity contribution >= 4 is 34.4 Å². The second-order valence-electron chi connectivity index (χ2n) is 8.33. The highest BCUT2D eigenvalue weighted by Gasteiger charge is 2.41. The van der Waals surface area contributed by atoms with Gasteiger partial charge in [-0.1, -0.05) is 19.4 Å². The molecule has 2 aromatic heterocycles. The minimum atomic E-state index is -0.394. The third-order valence-electron chi connectivity index (χ3n) is 6.21. The summed E-state index contributed by atoms with van der Waals surface area (Å²) in [4.78, 5) is 27.9. The predicted octanol–water partition coefficient (Wildman–Crippen LogP) is 5.53. The van der Waals surface area contributed by atoms with Crippen molar-refractivity contribution in [2.24, 2.45) is 0 Å². The van der Waals surface area contributed by atoms with E-state index in [9.17, 15) is 9.59 Å². The number of carbonyl (C=O) groups excluding carboxylic acids is 2. The summed E-state index contributed by atoms with van der Waals surface area (Å²) in [7, 11) is 1.64. The van der Waals surface area contributed by atoms with E-state index in [2.05, 4.69) is 23.7 Å². The summed E-state index contributed by atoms with van der Waals surface area (Å²) in [6.07, 6.45) is 2.88. The fourth-order valence-electron chi connectivity index (χ4n) is 4.64. The number of allylic oxidation sites excluding steroid dienone is 3. The van der Waals surface area contributed by atoms with E-state index < -0.39 is 5.92 Å². The van der Waals surface area contributed by atoms with Crippen LogP contribution in [-0.4, -0.2) is 31.6 Å². The first-order valence-electron chi connectivity index (χ1n) is 11.0. The Morgan fingerprint density at radius 2 is 2.12 bits per heavy atom. The lowest BCUT2D eigenvalue weighted by Crippen LogP contribution is -2.36. The Morgan fingerprint density at radius 1 is 1.28 bits per heavy atom. The molecule has 0 radical (unpaired) electrons. The van der Waals surface area contributed by atoms with Gasteiger partial charge in [-0.3, -0.25) is 4.79 Å². The number of hydrogen-bond donors (Lipinski definition) is 1. The molecule has 1 N–H and O–H groups in total. The summed E-state index contributed by atoms with van der Waals surface area (Å²) < 4.78 is 11.1. The van der Waals surface area contributed by atoms with Crippen LogP contribution in [0.25, 0.3) is 0 Å². The summed E-state index contributed by atoms with van der Waals surface area (Å²) in [6.45, 7) is 4.18. The van der Waals surface area contributed by atoms with Gasteiger partial charge in [0, 0.05) is 47.2 Å². The van der Waals surface area contributed by atoms with Crippen LogP contribution in [0.2, 0.25) is 0 Å². The maximum atomic E-state index is 13.4. The first-order chi connectivity index (χ1) is 15.5. The van der Waals surface area contributed by atoms with Crippen molar-refractivity contribution < 1.29 is 19.1 Å². The lowest BCUT2D eigenvalue weighted by atomic mass is 9.73. The summed E-state index contributed by atoms with van der Waals surface area (Å²) in [6, 6.07) is 6.13. The van der Waals surface area contributed by atoms with Crippen LogP contribution in [0.1, 0.15) is 61.8 Å². The third-order valence-corrected chi connectivity index (χ3v) is 7.95. The van der Waals surface area contributed by atoms with E-state index >= 15 is 0 Å². The number of nitrogens with one attached hydrogen (secondary N) is 1. The van der Waals surface area contributed by atoms with E-state index in [-0.39, 0.29) is 30.4 Å². The lowest BCUT2D eigenvalue weighted by molar-refractivity contribution is -0.143. The summed E-state index contributed by atoms with van der Waals surface area (Å²) in [5, 5.41) is 9.47. The van der Waals surface area contributed by atoms with E-state index in [1.165, 1.54) is 4.88 Å². The van der Waals surface area contributed by atoms with Crippen LogP contribution in [0.15, 0.2) is 56.9 Å². The van der Waals surface area contributed by atoms with Crippen LogP contribution in [-0.2, 0) is 19.1 Å². The SMILES string of the molecule is CCC[C@@H](COC(=O)C1=C(C)NC2=C(C(=O)C[C@H](c3cccs3)C2)[C@@H]1c1ccsc1)OC. The lowest BCUT2D eigenvalue weighted by Gasteiger charge is -2.36. The first-order valence-corrected chi connectivity index (χ1v) is 12.8. The first kappa shape index (κ1) is 23.0. The second-order valence-corrected chi connectivity index (χ2v) is 10.1. The van der Waals surface area contributed by atoms with Gasteiger partial charge in [0.25, 0.3) is 0 Å². The molecule has 2 aromatic rings. The van der Waals surface area contributed by atoms with E-state index in [4.69, 9.17) is 9.47 Å². The van der Waals surface area contributed by atoms with Crippen LogP contribution >= 0.6 is 22.7 Å². The minimum absolute atomic E-state index is 0.104. The fourth-order valence-corrected chi connectivity index (χ4v) is 6.16. The van der Waals surface area contributed by atoms with E-state index in [0.717, 1.165) is 36.2 Å². The number of ether oxygens (including phenoxy) is 2. The molecule has 0 unspecified atom stereocenters. The molecule has 0 bridgehead atoms. The van der Waals surface area contributed by atoms with Crippen LogP contribution in [0.4, 0.5) is 0 Å². The van der Waals surface area contributed by atoms with Crippen LogP contribution in [0.5, 0.6) is 0 Å². The minimum Gasteiger partial charge on any atom is -0.459 e. The van der Waals surface area contributed by atoms with Gasteiger partial charge in [0.2, 0.25) is 0 Å². The molecular weight excluding hydrogens is 442 g/mol. The molecule has 170 valence electrons.